The van der Waals surface area contributed by atoms with E-state index < -0.39 is 28.6 Å². The van der Waals surface area contributed by atoms with Gasteiger partial charge >= 0.3 is 5.97 Å². The van der Waals surface area contributed by atoms with E-state index in [1.165, 1.54) is 24.9 Å². The Bertz CT molecular complexity index is 1970. The zero-order valence-electron chi connectivity index (χ0n) is 24.3. The van der Waals surface area contributed by atoms with Gasteiger partial charge in [-0.2, -0.15) is 0 Å². The van der Waals surface area contributed by atoms with E-state index in [2.05, 4.69) is 15.0 Å². The second-order valence-corrected chi connectivity index (χ2v) is 11.8. The van der Waals surface area contributed by atoms with Gasteiger partial charge in [0, 0.05) is 24.0 Å². The zero-order chi connectivity index (χ0) is 31.5. The summed E-state index contributed by atoms with van der Waals surface area (Å²) in [5.41, 5.74) is 0.917. The van der Waals surface area contributed by atoms with E-state index in [1.54, 1.807) is 75.6 Å². The molecule has 44 heavy (non-hydrogen) atoms. The third kappa shape index (κ3) is 6.12. The molecule has 1 aliphatic heterocycles. The van der Waals surface area contributed by atoms with Gasteiger partial charge in [0.2, 0.25) is 0 Å². The standard InChI is InChI=1S/C30H27N5O7S2/c1-16(2)42-28(37)25-17(3)33-30-34(26(25)20-15-19(40-4)8-9-22(20)41-5)27(36)24(44-30)14-18-7-10-23(21(13-18)35(38)39)43-29-31-11-6-12-32-29/h6-16,26H,1-5H3/b24-14-/t26-/m0/s1. The van der Waals surface area contributed by atoms with Crippen LogP contribution in [0.15, 0.2) is 86.0 Å². The van der Waals surface area contributed by atoms with Gasteiger partial charge < -0.3 is 14.2 Å². The Balaban J connectivity index is 1.67. The number of ether oxygens (including phenoxy) is 3. The van der Waals surface area contributed by atoms with Crippen molar-refractivity contribution in [3.63, 3.8) is 0 Å². The average Bonchev–Trinajstić information content (AvgIpc) is 3.30. The van der Waals surface area contributed by atoms with Crippen molar-refractivity contribution >= 4 is 40.8 Å². The van der Waals surface area contributed by atoms with Gasteiger partial charge in [-0.25, -0.2) is 19.8 Å². The topological polar surface area (TPSA) is 148 Å². The number of thiazole rings is 1. The highest BCUT2D eigenvalue weighted by Crippen LogP contribution is 2.38. The van der Waals surface area contributed by atoms with Crippen molar-refractivity contribution < 1.29 is 23.9 Å². The third-order valence-electron chi connectivity index (χ3n) is 6.54. The summed E-state index contributed by atoms with van der Waals surface area (Å²) in [6.07, 6.45) is 4.26. The van der Waals surface area contributed by atoms with Gasteiger partial charge in [0.1, 0.15) is 17.5 Å². The molecule has 14 heteroatoms. The summed E-state index contributed by atoms with van der Waals surface area (Å²) in [5.74, 6) is 0.317. The number of nitro benzene ring substituents is 1. The minimum absolute atomic E-state index is 0.155. The van der Waals surface area contributed by atoms with E-state index in [0.29, 0.717) is 43.2 Å². The van der Waals surface area contributed by atoms with Crippen LogP contribution in [0.4, 0.5) is 5.69 Å². The Morgan fingerprint density at radius 2 is 1.89 bits per heavy atom. The number of benzene rings is 2. The van der Waals surface area contributed by atoms with Crippen LogP contribution < -0.4 is 24.4 Å². The van der Waals surface area contributed by atoms with Crippen molar-refractivity contribution in [2.45, 2.75) is 43.0 Å². The fraction of sp³-hybridized carbons (Fsp3) is 0.233. The Morgan fingerprint density at radius 3 is 2.55 bits per heavy atom. The number of esters is 1. The number of rotatable bonds is 9. The van der Waals surface area contributed by atoms with Gasteiger partial charge in [0.15, 0.2) is 9.96 Å². The number of fused-ring (bicyclic) bond motifs is 1. The number of hydrogen-bond acceptors (Lipinski definition) is 12. The van der Waals surface area contributed by atoms with Crippen LogP contribution in [-0.4, -0.2) is 45.8 Å². The molecule has 0 bridgehead atoms. The zero-order valence-corrected chi connectivity index (χ0v) is 26.0. The van der Waals surface area contributed by atoms with Crippen molar-refractivity contribution in [3.05, 3.63) is 107 Å². The Labute approximate surface area is 259 Å². The number of carbonyl (C=O) groups is 1. The summed E-state index contributed by atoms with van der Waals surface area (Å²) < 4.78 is 18.3. The SMILES string of the molecule is COc1ccc(OC)c([C@H]2C(C(=O)OC(C)C)=C(C)N=c3s/c(=C\c4ccc(Sc5ncccn5)c([N+](=O)[O-])c4)c(=O)n32)c1. The van der Waals surface area contributed by atoms with Crippen LogP contribution in [0, 0.1) is 10.1 Å². The van der Waals surface area contributed by atoms with Gasteiger partial charge in [0.05, 0.1) is 45.9 Å². The van der Waals surface area contributed by atoms with E-state index in [0.717, 1.165) is 23.1 Å². The van der Waals surface area contributed by atoms with Crippen molar-refractivity contribution in [1.82, 2.24) is 14.5 Å². The molecule has 0 saturated carbocycles. The number of aromatic nitrogens is 3. The first-order chi connectivity index (χ1) is 21.1. The first-order valence-electron chi connectivity index (χ1n) is 13.3. The maximum Gasteiger partial charge on any atom is 0.338 e. The quantitative estimate of drug-likeness (QED) is 0.114. The van der Waals surface area contributed by atoms with Crippen molar-refractivity contribution in [1.29, 1.82) is 0 Å². The number of carbonyl (C=O) groups excluding carboxylic acids is 1. The Hall–Kier alpha value is -4.82. The van der Waals surface area contributed by atoms with Crippen molar-refractivity contribution in [2.75, 3.05) is 14.2 Å². The van der Waals surface area contributed by atoms with E-state index >= 15 is 0 Å². The van der Waals surface area contributed by atoms with E-state index in [-0.39, 0.29) is 15.8 Å². The van der Waals surface area contributed by atoms with Crippen LogP contribution in [0.5, 0.6) is 11.5 Å². The molecule has 2 aromatic carbocycles. The minimum Gasteiger partial charge on any atom is -0.497 e. The van der Waals surface area contributed by atoms with Crippen LogP contribution in [0.3, 0.4) is 0 Å². The van der Waals surface area contributed by atoms with E-state index in [9.17, 15) is 19.7 Å². The lowest BCUT2D eigenvalue weighted by Crippen LogP contribution is -2.40. The summed E-state index contributed by atoms with van der Waals surface area (Å²) >= 11 is 2.17. The maximum absolute atomic E-state index is 14.1. The largest absolute Gasteiger partial charge is 0.497 e. The Morgan fingerprint density at radius 1 is 1.14 bits per heavy atom. The average molecular weight is 634 g/mol. The van der Waals surface area contributed by atoms with Gasteiger partial charge in [0.25, 0.3) is 11.2 Å². The highest BCUT2D eigenvalue weighted by atomic mass is 32.2. The monoisotopic (exact) mass is 633 g/mol. The molecular formula is C30H27N5O7S2. The normalized spacial score (nSPS) is 14.7. The molecule has 0 radical (unpaired) electrons. The van der Waals surface area contributed by atoms with Gasteiger partial charge in [-0.05, 0) is 74.5 Å². The number of nitrogens with zero attached hydrogens (tertiary/aromatic N) is 5. The van der Waals surface area contributed by atoms with E-state index in [1.807, 2.05) is 0 Å². The number of methoxy groups -OCH3 is 2. The fourth-order valence-corrected chi connectivity index (χ4v) is 6.49. The molecule has 0 spiro atoms. The molecule has 4 aromatic rings. The molecule has 0 N–H and O–H groups in total. The minimum atomic E-state index is -0.941. The lowest BCUT2D eigenvalue weighted by atomic mass is 9.94. The van der Waals surface area contributed by atoms with Crippen LogP contribution >= 0.6 is 23.1 Å². The third-order valence-corrected chi connectivity index (χ3v) is 8.48. The molecule has 1 atom stereocenters. The maximum atomic E-state index is 14.1. The fourth-order valence-electron chi connectivity index (χ4n) is 4.65. The summed E-state index contributed by atoms with van der Waals surface area (Å²) in [6, 6.07) is 10.5. The molecule has 5 rings (SSSR count). The molecule has 2 aromatic heterocycles. The van der Waals surface area contributed by atoms with Crippen LogP contribution in [0.1, 0.15) is 37.9 Å². The molecule has 0 aliphatic carbocycles. The second kappa shape index (κ2) is 12.8. The summed E-state index contributed by atoms with van der Waals surface area (Å²) in [7, 11) is 3.01. The smallest absolute Gasteiger partial charge is 0.338 e. The van der Waals surface area contributed by atoms with Crippen molar-refractivity contribution in [3.8, 4) is 11.5 Å². The molecular weight excluding hydrogens is 606 g/mol. The number of hydrogen-bond donors (Lipinski definition) is 0. The van der Waals surface area contributed by atoms with Crippen molar-refractivity contribution in [2.24, 2.45) is 4.99 Å². The molecule has 0 amide bonds. The first kappa shape index (κ1) is 30.6. The molecule has 0 unspecified atom stereocenters. The van der Waals surface area contributed by atoms with Crippen LogP contribution in [0.25, 0.3) is 6.08 Å². The predicted octanol–water partition coefficient (Wildman–Crippen LogP) is 4.05. The Kier molecular flexibility index (Phi) is 8.92. The molecule has 3 heterocycles. The highest BCUT2D eigenvalue weighted by molar-refractivity contribution is 7.99. The molecule has 226 valence electrons. The van der Waals surface area contributed by atoms with E-state index in [4.69, 9.17) is 14.2 Å². The lowest BCUT2D eigenvalue weighted by molar-refractivity contribution is -0.387. The van der Waals surface area contributed by atoms with Crippen LogP contribution in [-0.2, 0) is 9.53 Å². The van der Waals surface area contributed by atoms with Gasteiger partial charge in [-0.1, -0.05) is 17.4 Å². The van der Waals surface area contributed by atoms with Gasteiger partial charge in [-0.3, -0.25) is 19.5 Å². The predicted molar refractivity (Wildman–Crippen MR) is 164 cm³/mol. The van der Waals surface area contributed by atoms with Crippen LogP contribution in [0.2, 0.25) is 0 Å². The number of nitro groups is 1. The number of allylic oxidation sites excluding steroid dienone is 1. The highest BCUT2D eigenvalue weighted by Gasteiger charge is 2.36. The summed E-state index contributed by atoms with van der Waals surface area (Å²) in [6.45, 7) is 5.16. The first-order valence-corrected chi connectivity index (χ1v) is 14.9. The molecule has 0 fully saturated rings. The molecule has 0 saturated heterocycles. The van der Waals surface area contributed by atoms with Gasteiger partial charge in [-0.15, -0.1) is 0 Å². The second-order valence-electron chi connectivity index (χ2n) is 9.76. The summed E-state index contributed by atoms with van der Waals surface area (Å²) in [5, 5.41) is 12.3. The lowest BCUT2D eigenvalue weighted by Gasteiger charge is -2.26. The molecule has 12 nitrogen and oxygen atoms in total. The molecule has 1 aliphatic rings. The summed E-state index contributed by atoms with van der Waals surface area (Å²) in [4.78, 5) is 52.5.